The van der Waals surface area contributed by atoms with Gasteiger partial charge in [-0.05, 0) is 42.8 Å². The maximum Gasteiger partial charge on any atom is 0.262 e. The van der Waals surface area contributed by atoms with Gasteiger partial charge in [0.1, 0.15) is 5.75 Å². The predicted molar refractivity (Wildman–Crippen MR) is 86.8 cm³/mol. The van der Waals surface area contributed by atoms with Crippen LogP contribution in [-0.2, 0) is 10.0 Å². The van der Waals surface area contributed by atoms with Crippen LogP contribution in [0.25, 0.3) is 10.9 Å². The second-order valence-electron chi connectivity index (χ2n) is 4.98. The maximum atomic E-state index is 12.6. The summed E-state index contributed by atoms with van der Waals surface area (Å²) in [5.74, 6) is 0.628. The topological polar surface area (TPSA) is 71.2 Å². The minimum absolute atomic E-state index is 0.233. The quantitative estimate of drug-likeness (QED) is 0.776. The molecule has 0 unspecified atom stereocenters. The number of aromatic amines is 1. The van der Waals surface area contributed by atoms with Crippen LogP contribution in [0, 0.1) is 6.92 Å². The van der Waals surface area contributed by atoms with Crippen molar-refractivity contribution < 1.29 is 13.2 Å². The lowest BCUT2D eigenvalue weighted by Crippen LogP contribution is -2.14. The molecule has 0 aliphatic heterocycles. The zero-order chi connectivity index (χ0) is 15.7. The number of hydrogen-bond donors (Lipinski definition) is 2. The van der Waals surface area contributed by atoms with Gasteiger partial charge in [-0.15, -0.1) is 0 Å². The fourth-order valence-corrected chi connectivity index (χ4v) is 3.72. The molecule has 0 spiro atoms. The fraction of sp³-hybridized carbons (Fsp3) is 0.125. The van der Waals surface area contributed by atoms with Crippen molar-refractivity contribution in [3.8, 4) is 5.75 Å². The van der Waals surface area contributed by atoms with E-state index < -0.39 is 10.0 Å². The summed E-state index contributed by atoms with van der Waals surface area (Å²) in [5.41, 5.74) is 1.92. The fourth-order valence-electron chi connectivity index (χ4n) is 2.42. The van der Waals surface area contributed by atoms with E-state index in [9.17, 15) is 8.42 Å². The van der Waals surface area contributed by atoms with E-state index in [0.717, 1.165) is 10.9 Å². The molecule has 0 amide bonds. The van der Waals surface area contributed by atoms with Crippen molar-refractivity contribution in [1.29, 1.82) is 0 Å². The summed E-state index contributed by atoms with van der Waals surface area (Å²) in [6.45, 7) is 1.74. The highest BCUT2D eigenvalue weighted by molar-refractivity contribution is 7.92. The first-order chi connectivity index (χ1) is 10.5. The molecule has 1 aromatic heterocycles. The lowest BCUT2D eigenvalue weighted by Gasteiger charge is -2.12. The Morgan fingerprint density at radius 2 is 1.95 bits per heavy atom. The first kappa shape index (κ1) is 14.5. The molecule has 0 atom stereocenters. The van der Waals surface area contributed by atoms with E-state index in [-0.39, 0.29) is 4.90 Å². The third-order valence-corrected chi connectivity index (χ3v) is 5.03. The van der Waals surface area contributed by atoms with Gasteiger partial charge in [0.25, 0.3) is 10.0 Å². The van der Waals surface area contributed by atoms with E-state index in [2.05, 4.69) is 9.71 Å². The Morgan fingerprint density at radius 3 is 2.68 bits per heavy atom. The number of hydrogen-bond acceptors (Lipinski definition) is 3. The van der Waals surface area contributed by atoms with Crippen LogP contribution >= 0.6 is 0 Å². The molecule has 3 aromatic rings. The minimum atomic E-state index is -3.66. The van der Waals surface area contributed by atoms with Crippen molar-refractivity contribution in [1.82, 2.24) is 4.98 Å². The molecule has 3 rings (SSSR count). The summed E-state index contributed by atoms with van der Waals surface area (Å²) < 4.78 is 33.0. The number of fused-ring (bicyclic) bond motifs is 1. The van der Waals surface area contributed by atoms with Gasteiger partial charge < -0.3 is 9.72 Å². The summed E-state index contributed by atoms with van der Waals surface area (Å²) in [6, 6.07) is 12.2. The molecule has 5 nitrogen and oxygen atoms in total. The Bertz CT molecular complexity index is 929. The molecule has 2 N–H and O–H groups in total. The number of rotatable bonds is 4. The molecule has 0 saturated carbocycles. The van der Waals surface area contributed by atoms with Crippen molar-refractivity contribution in [3.05, 3.63) is 54.2 Å². The van der Waals surface area contributed by atoms with Crippen LogP contribution in [0.15, 0.2) is 53.6 Å². The van der Waals surface area contributed by atoms with E-state index in [1.165, 1.54) is 0 Å². The highest BCUT2D eigenvalue weighted by Crippen LogP contribution is 2.27. The van der Waals surface area contributed by atoms with Crippen LogP contribution in [0.2, 0.25) is 0 Å². The molecule has 0 saturated heterocycles. The number of methoxy groups -OCH3 is 1. The van der Waals surface area contributed by atoms with Crippen molar-refractivity contribution in [2.24, 2.45) is 0 Å². The average molecular weight is 316 g/mol. The van der Waals surface area contributed by atoms with Gasteiger partial charge >= 0.3 is 0 Å². The number of nitrogens with one attached hydrogen (secondary N) is 2. The first-order valence-corrected chi connectivity index (χ1v) is 8.23. The smallest absolute Gasteiger partial charge is 0.262 e. The van der Waals surface area contributed by atoms with E-state index in [0.29, 0.717) is 17.0 Å². The van der Waals surface area contributed by atoms with Gasteiger partial charge in [0.05, 0.1) is 23.2 Å². The second-order valence-corrected chi connectivity index (χ2v) is 6.64. The van der Waals surface area contributed by atoms with E-state index in [1.54, 1.807) is 44.5 Å². The van der Waals surface area contributed by atoms with Crippen molar-refractivity contribution in [3.63, 3.8) is 0 Å². The molecular formula is C16H16N2O3S. The zero-order valence-corrected chi connectivity index (χ0v) is 13.1. The maximum absolute atomic E-state index is 12.6. The number of aromatic nitrogens is 1. The largest absolute Gasteiger partial charge is 0.497 e. The number of H-pyrrole nitrogens is 1. The highest BCUT2D eigenvalue weighted by atomic mass is 32.2. The molecule has 1 heterocycles. The van der Waals surface area contributed by atoms with Gasteiger partial charge in [0.15, 0.2) is 0 Å². The molecule has 2 aromatic carbocycles. The normalized spacial score (nSPS) is 11.5. The van der Waals surface area contributed by atoms with E-state index >= 15 is 0 Å². The summed E-state index contributed by atoms with van der Waals surface area (Å²) in [6.07, 6.45) is 1.78. The Hall–Kier alpha value is -2.47. The van der Waals surface area contributed by atoms with Gasteiger partial charge in [-0.25, -0.2) is 8.42 Å². The van der Waals surface area contributed by atoms with Crippen molar-refractivity contribution in [2.45, 2.75) is 11.8 Å². The number of aryl methyl sites for hydroxylation is 1. The Morgan fingerprint density at radius 1 is 1.14 bits per heavy atom. The standard InChI is InChI=1S/C16H16N2O3S/c1-11-10-13(21-2)6-7-15(11)22(19,20)18-14-5-3-4-12-8-9-17-16(12)14/h3-10,17-18H,1-2H3. The SMILES string of the molecule is COc1ccc(S(=O)(=O)Nc2cccc3cc[nH]c23)c(C)c1. The Kier molecular flexibility index (Phi) is 3.54. The molecule has 6 heteroatoms. The molecule has 22 heavy (non-hydrogen) atoms. The first-order valence-electron chi connectivity index (χ1n) is 6.75. The monoisotopic (exact) mass is 316 g/mol. The van der Waals surface area contributed by atoms with Crippen molar-refractivity contribution in [2.75, 3.05) is 11.8 Å². The third-order valence-electron chi connectivity index (χ3n) is 3.50. The lowest BCUT2D eigenvalue weighted by atomic mass is 10.2. The second kappa shape index (κ2) is 5.38. The average Bonchev–Trinajstić information content (AvgIpc) is 2.96. The number of benzene rings is 2. The Labute approximate surface area is 129 Å². The van der Waals surface area contributed by atoms with Gasteiger partial charge in [0.2, 0.25) is 0 Å². The van der Waals surface area contributed by atoms with E-state index in [1.807, 2.05) is 18.2 Å². The third kappa shape index (κ3) is 2.53. The van der Waals surface area contributed by atoms with Gasteiger partial charge in [-0.3, -0.25) is 4.72 Å². The van der Waals surface area contributed by atoms with Gasteiger partial charge in [-0.2, -0.15) is 0 Å². The van der Waals surface area contributed by atoms with Crippen LogP contribution in [0.3, 0.4) is 0 Å². The minimum Gasteiger partial charge on any atom is -0.497 e. The highest BCUT2D eigenvalue weighted by Gasteiger charge is 2.18. The molecule has 0 aliphatic carbocycles. The lowest BCUT2D eigenvalue weighted by molar-refractivity contribution is 0.414. The predicted octanol–water partition coefficient (Wildman–Crippen LogP) is 3.29. The summed E-state index contributed by atoms with van der Waals surface area (Å²) in [5, 5.41) is 0.951. The molecule has 114 valence electrons. The molecular weight excluding hydrogens is 300 g/mol. The van der Waals surface area contributed by atoms with Crippen molar-refractivity contribution >= 4 is 26.6 Å². The van der Waals surface area contributed by atoms with Crippen LogP contribution in [0.4, 0.5) is 5.69 Å². The van der Waals surface area contributed by atoms with Gasteiger partial charge in [0, 0.05) is 11.6 Å². The summed E-state index contributed by atoms with van der Waals surface area (Å²) >= 11 is 0. The molecule has 0 radical (unpaired) electrons. The van der Waals surface area contributed by atoms with Crippen LogP contribution in [0.5, 0.6) is 5.75 Å². The van der Waals surface area contributed by atoms with Gasteiger partial charge in [-0.1, -0.05) is 12.1 Å². The van der Waals surface area contributed by atoms with Crippen LogP contribution in [0.1, 0.15) is 5.56 Å². The summed E-state index contributed by atoms with van der Waals surface area (Å²) in [7, 11) is -2.12. The van der Waals surface area contributed by atoms with Crippen LogP contribution < -0.4 is 9.46 Å². The number of sulfonamides is 1. The number of para-hydroxylation sites is 1. The number of anilines is 1. The Balaban J connectivity index is 2.02. The summed E-state index contributed by atoms with van der Waals surface area (Å²) in [4.78, 5) is 3.28. The molecule has 0 aliphatic rings. The number of ether oxygens (including phenoxy) is 1. The van der Waals surface area contributed by atoms with Crippen LogP contribution in [-0.4, -0.2) is 20.5 Å². The molecule has 0 fully saturated rings. The zero-order valence-electron chi connectivity index (χ0n) is 12.3. The van der Waals surface area contributed by atoms with E-state index in [4.69, 9.17) is 4.74 Å². The molecule has 0 bridgehead atoms.